The molecule has 0 aliphatic carbocycles. The molecule has 0 saturated heterocycles. The van der Waals surface area contributed by atoms with Crippen LogP contribution in [-0.2, 0) is 6.54 Å². The van der Waals surface area contributed by atoms with E-state index in [9.17, 15) is 5.11 Å². The summed E-state index contributed by atoms with van der Waals surface area (Å²) in [5.74, 6) is 0.974. The second kappa shape index (κ2) is 9.25. The van der Waals surface area contributed by atoms with Crippen molar-refractivity contribution >= 4 is 46.2 Å². The van der Waals surface area contributed by atoms with Gasteiger partial charge in [0, 0.05) is 35.6 Å². The van der Waals surface area contributed by atoms with Crippen LogP contribution < -0.4 is 10.8 Å². The Kier molecular flexibility index (Phi) is 6.02. The van der Waals surface area contributed by atoms with E-state index in [-0.39, 0.29) is 5.75 Å². The van der Waals surface area contributed by atoms with Crippen LogP contribution in [-0.4, -0.2) is 52.6 Å². The molecule has 0 unspecified atom stereocenters. The van der Waals surface area contributed by atoms with Crippen LogP contribution in [0.2, 0.25) is 0 Å². The highest BCUT2D eigenvalue weighted by Crippen LogP contribution is 2.29. The molecule has 0 aliphatic rings. The van der Waals surface area contributed by atoms with Crippen LogP contribution in [0, 0.1) is 0 Å². The van der Waals surface area contributed by atoms with Crippen molar-refractivity contribution in [3.05, 3.63) is 71.7 Å². The Morgan fingerprint density at radius 1 is 1.15 bits per heavy atom. The Bertz CT molecular complexity index is 1410. The van der Waals surface area contributed by atoms with Crippen LogP contribution in [0.15, 0.2) is 66.2 Å². The molecule has 0 saturated carbocycles. The summed E-state index contributed by atoms with van der Waals surface area (Å²) in [5.41, 5.74) is 3.75. The van der Waals surface area contributed by atoms with E-state index in [0.29, 0.717) is 22.4 Å². The molecule has 3 heterocycles. The second-order valence-corrected chi connectivity index (χ2v) is 9.07. The molecule has 5 rings (SSSR count). The first-order valence-corrected chi connectivity index (χ1v) is 11.8. The van der Waals surface area contributed by atoms with Gasteiger partial charge in [-0.3, -0.25) is 0 Å². The van der Waals surface area contributed by atoms with Crippen molar-refractivity contribution in [1.82, 2.24) is 19.5 Å². The zero-order valence-corrected chi connectivity index (χ0v) is 19.2. The number of para-hydroxylation sites is 1. The molecule has 6 nitrogen and oxygen atoms in total. The predicted molar refractivity (Wildman–Crippen MR) is 137 cm³/mol. The molecule has 2 aromatic carbocycles. The molecule has 8 heteroatoms. The molecule has 0 aliphatic heterocycles. The molecule has 0 atom stereocenters. The standard InChI is InChI=1S/C25H24BN5OS/c1-30(15-17-16-33-23-10-5-3-7-18(17)23)12-6-11-27-24-13-21(19-8-2-4-9-22(19)32)29-25-20(26)14-28-31(24)25/h2-5,7-10,13-14,16,27,32H,6,11-12,15H2,1H3. The summed E-state index contributed by atoms with van der Waals surface area (Å²) in [6.45, 7) is 2.66. The first kappa shape index (κ1) is 21.5. The van der Waals surface area contributed by atoms with E-state index in [1.165, 1.54) is 15.6 Å². The third-order valence-corrected chi connectivity index (χ3v) is 6.72. The number of benzene rings is 2. The Morgan fingerprint density at radius 3 is 2.85 bits per heavy atom. The summed E-state index contributed by atoms with van der Waals surface area (Å²) in [7, 11) is 8.24. The van der Waals surface area contributed by atoms with Gasteiger partial charge in [0.2, 0.25) is 0 Å². The number of nitrogens with zero attached hydrogens (tertiary/aromatic N) is 4. The zero-order valence-electron chi connectivity index (χ0n) is 18.4. The summed E-state index contributed by atoms with van der Waals surface area (Å²) in [5, 5.41) is 21.7. The third-order valence-electron chi connectivity index (χ3n) is 5.70. The van der Waals surface area contributed by atoms with Crippen molar-refractivity contribution in [2.24, 2.45) is 0 Å². The summed E-state index contributed by atoms with van der Waals surface area (Å²) >= 11 is 1.80. The van der Waals surface area contributed by atoms with E-state index in [1.54, 1.807) is 34.2 Å². The summed E-state index contributed by atoms with van der Waals surface area (Å²) < 4.78 is 3.04. The van der Waals surface area contributed by atoms with Gasteiger partial charge in [0.15, 0.2) is 5.65 Å². The lowest BCUT2D eigenvalue weighted by molar-refractivity contribution is 0.327. The molecule has 2 N–H and O–H groups in total. The first-order valence-electron chi connectivity index (χ1n) is 10.9. The molecular formula is C25H24BN5OS. The summed E-state index contributed by atoms with van der Waals surface area (Å²) in [6.07, 6.45) is 2.56. The van der Waals surface area contributed by atoms with E-state index in [0.717, 1.165) is 31.9 Å². The average molecular weight is 453 g/mol. The minimum absolute atomic E-state index is 0.181. The molecule has 0 fully saturated rings. The van der Waals surface area contributed by atoms with Gasteiger partial charge in [-0.1, -0.05) is 30.3 Å². The van der Waals surface area contributed by atoms with Crippen LogP contribution in [0.3, 0.4) is 0 Å². The van der Waals surface area contributed by atoms with Gasteiger partial charge in [-0.15, -0.1) is 11.3 Å². The molecular weight excluding hydrogens is 429 g/mol. The van der Waals surface area contributed by atoms with Gasteiger partial charge in [-0.2, -0.15) is 9.61 Å². The van der Waals surface area contributed by atoms with Crippen molar-refractivity contribution < 1.29 is 5.11 Å². The monoisotopic (exact) mass is 453 g/mol. The van der Waals surface area contributed by atoms with Crippen LogP contribution >= 0.6 is 11.3 Å². The van der Waals surface area contributed by atoms with Crippen LogP contribution in [0.4, 0.5) is 5.82 Å². The molecule has 0 bridgehead atoms. The van der Waals surface area contributed by atoms with Crippen molar-refractivity contribution in [3.63, 3.8) is 0 Å². The topological polar surface area (TPSA) is 65.7 Å². The van der Waals surface area contributed by atoms with Crippen molar-refractivity contribution in [2.45, 2.75) is 13.0 Å². The maximum Gasteiger partial charge on any atom is 0.150 e. The zero-order chi connectivity index (χ0) is 22.8. The number of anilines is 1. The number of thiophene rings is 1. The highest BCUT2D eigenvalue weighted by molar-refractivity contribution is 7.17. The number of aromatic nitrogens is 3. The number of hydrogen-bond acceptors (Lipinski definition) is 6. The van der Waals surface area contributed by atoms with Gasteiger partial charge in [0.05, 0.1) is 5.69 Å². The van der Waals surface area contributed by atoms with Gasteiger partial charge in [-0.25, -0.2) is 4.98 Å². The molecule has 2 radical (unpaired) electrons. The Morgan fingerprint density at radius 2 is 1.97 bits per heavy atom. The SMILES string of the molecule is [B]c1cnn2c(NCCCN(C)Cc3csc4ccccc34)cc(-c3ccccc3O)nc12. The lowest BCUT2D eigenvalue weighted by Crippen LogP contribution is -2.21. The number of rotatable bonds is 8. The number of aromatic hydroxyl groups is 1. The number of phenolic OH excluding ortho intramolecular Hbond substituents is 1. The van der Waals surface area contributed by atoms with E-state index < -0.39 is 0 Å². The number of phenols is 1. The maximum absolute atomic E-state index is 10.3. The minimum Gasteiger partial charge on any atom is -0.507 e. The number of nitrogens with one attached hydrogen (secondary N) is 1. The second-order valence-electron chi connectivity index (χ2n) is 8.15. The highest BCUT2D eigenvalue weighted by atomic mass is 32.1. The predicted octanol–water partition coefficient (Wildman–Crippen LogP) is 4.04. The lowest BCUT2D eigenvalue weighted by Gasteiger charge is -2.17. The maximum atomic E-state index is 10.3. The fraction of sp³-hybridized carbons (Fsp3) is 0.200. The fourth-order valence-corrected chi connectivity index (χ4v) is 4.98. The van der Waals surface area contributed by atoms with Crippen LogP contribution in [0.25, 0.3) is 27.0 Å². The molecule has 0 spiro atoms. The van der Waals surface area contributed by atoms with Crippen molar-refractivity contribution in [2.75, 3.05) is 25.5 Å². The van der Waals surface area contributed by atoms with Crippen LogP contribution in [0.1, 0.15) is 12.0 Å². The molecule has 33 heavy (non-hydrogen) atoms. The van der Waals surface area contributed by atoms with Crippen molar-refractivity contribution in [3.8, 4) is 17.0 Å². The van der Waals surface area contributed by atoms with Gasteiger partial charge < -0.3 is 15.3 Å². The fourth-order valence-electron chi connectivity index (χ4n) is 4.02. The smallest absolute Gasteiger partial charge is 0.150 e. The Hall–Kier alpha value is -3.36. The van der Waals surface area contributed by atoms with Crippen molar-refractivity contribution in [1.29, 1.82) is 0 Å². The van der Waals surface area contributed by atoms with E-state index in [2.05, 4.69) is 57.0 Å². The lowest BCUT2D eigenvalue weighted by atomic mass is 10.0. The Labute approximate surface area is 197 Å². The van der Waals surface area contributed by atoms with E-state index >= 15 is 0 Å². The molecule has 0 amide bonds. The highest BCUT2D eigenvalue weighted by Gasteiger charge is 2.13. The largest absolute Gasteiger partial charge is 0.507 e. The van der Waals surface area contributed by atoms with Gasteiger partial charge in [0.1, 0.15) is 19.4 Å². The first-order chi connectivity index (χ1) is 16.1. The molecule has 164 valence electrons. The van der Waals surface area contributed by atoms with Crippen LogP contribution in [0.5, 0.6) is 5.75 Å². The van der Waals surface area contributed by atoms with Gasteiger partial charge in [-0.05, 0) is 60.0 Å². The summed E-state index contributed by atoms with van der Waals surface area (Å²) in [4.78, 5) is 6.96. The Balaban J connectivity index is 1.26. The van der Waals surface area contributed by atoms with Gasteiger partial charge >= 0.3 is 0 Å². The number of fused-ring (bicyclic) bond motifs is 2. The van der Waals surface area contributed by atoms with Gasteiger partial charge in [0.25, 0.3) is 0 Å². The minimum atomic E-state index is 0.181. The van der Waals surface area contributed by atoms with E-state index in [4.69, 9.17) is 7.85 Å². The average Bonchev–Trinajstić information content (AvgIpc) is 3.41. The normalized spacial score (nSPS) is 11.6. The molecule has 5 aromatic rings. The third kappa shape index (κ3) is 4.44. The van der Waals surface area contributed by atoms with E-state index in [1.807, 2.05) is 18.2 Å². The summed E-state index contributed by atoms with van der Waals surface area (Å²) in [6, 6.07) is 17.6. The molecule has 3 aromatic heterocycles. The number of hydrogen-bond donors (Lipinski definition) is 2. The quantitative estimate of drug-likeness (QED) is 0.274.